The summed E-state index contributed by atoms with van der Waals surface area (Å²) in [6, 6.07) is 0.730. The van der Waals surface area contributed by atoms with Crippen molar-refractivity contribution in [2.45, 2.75) is 37.9 Å². The number of nitrogens with one attached hydrogen (secondary N) is 1. The fourth-order valence-electron chi connectivity index (χ4n) is 2.40. The van der Waals surface area contributed by atoms with Gasteiger partial charge in [0.2, 0.25) is 0 Å². The van der Waals surface area contributed by atoms with Crippen LogP contribution >= 0.6 is 0 Å². The van der Waals surface area contributed by atoms with E-state index < -0.39 is 6.17 Å². The molecule has 2 fully saturated rings. The van der Waals surface area contributed by atoms with Gasteiger partial charge in [-0.3, -0.25) is 0 Å². The highest BCUT2D eigenvalue weighted by Gasteiger charge is 2.25. The first kappa shape index (κ1) is 9.41. The van der Waals surface area contributed by atoms with Crippen LogP contribution in [0.15, 0.2) is 0 Å². The third-order valence-electron chi connectivity index (χ3n) is 3.28. The summed E-state index contributed by atoms with van der Waals surface area (Å²) >= 11 is 0. The summed E-state index contributed by atoms with van der Waals surface area (Å²) in [6.07, 6.45) is 3.47. The van der Waals surface area contributed by atoms with Crippen LogP contribution in [-0.2, 0) is 0 Å². The molecular weight excluding hydrogens is 167 g/mol. The molecule has 2 aliphatic heterocycles. The summed E-state index contributed by atoms with van der Waals surface area (Å²) in [5.41, 5.74) is 0. The lowest BCUT2D eigenvalue weighted by atomic mass is 10.0. The Hall–Kier alpha value is -0.150. The molecule has 2 nitrogen and oxygen atoms in total. The van der Waals surface area contributed by atoms with Crippen molar-refractivity contribution in [3.63, 3.8) is 0 Å². The zero-order valence-electron chi connectivity index (χ0n) is 8.14. The molecule has 0 radical (unpaired) electrons. The van der Waals surface area contributed by atoms with Crippen LogP contribution < -0.4 is 5.32 Å². The predicted molar refractivity (Wildman–Crippen MR) is 51.6 cm³/mol. The highest BCUT2D eigenvalue weighted by Crippen LogP contribution is 2.19. The Kier molecular flexibility index (Phi) is 3.17. The zero-order valence-corrected chi connectivity index (χ0v) is 8.14. The van der Waals surface area contributed by atoms with E-state index in [-0.39, 0.29) is 0 Å². The summed E-state index contributed by atoms with van der Waals surface area (Å²) in [5.74, 6) is 0. The molecule has 2 heterocycles. The molecule has 0 aromatic carbocycles. The van der Waals surface area contributed by atoms with E-state index in [2.05, 4.69) is 10.2 Å². The average molecular weight is 186 g/mol. The molecule has 0 amide bonds. The molecule has 0 aliphatic carbocycles. The lowest BCUT2D eigenvalue weighted by Crippen LogP contribution is -2.46. The second-order valence-electron chi connectivity index (χ2n) is 4.19. The van der Waals surface area contributed by atoms with Crippen molar-refractivity contribution in [1.82, 2.24) is 10.2 Å². The second kappa shape index (κ2) is 4.38. The minimum Gasteiger partial charge on any atom is -0.317 e. The molecule has 0 bridgehead atoms. The van der Waals surface area contributed by atoms with Crippen LogP contribution in [0.3, 0.4) is 0 Å². The van der Waals surface area contributed by atoms with Crippen molar-refractivity contribution in [3.8, 4) is 0 Å². The standard InChI is InChI=1S/C10H19FN2/c11-9-3-7-13(8-4-9)10-1-5-12-6-2-10/h9-10,12H,1-8H2. The Balaban J connectivity index is 1.79. The maximum atomic E-state index is 12.9. The molecule has 2 saturated heterocycles. The lowest BCUT2D eigenvalue weighted by molar-refractivity contribution is 0.0948. The SMILES string of the molecule is FC1CCN(C2CCNCC2)CC1. The minimum atomic E-state index is -0.530. The van der Waals surface area contributed by atoms with Gasteiger partial charge < -0.3 is 10.2 Å². The predicted octanol–water partition coefficient (Wildman–Crippen LogP) is 1.17. The first-order valence-electron chi connectivity index (χ1n) is 5.45. The van der Waals surface area contributed by atoms with Crippen LogP contribution in [0.5, 0.6) is 0 Å². The number of hydrogen-bond acceptors (Lipinski definition) is 2. The molecule has 0 saturated carbocycles. The summed E-state index contributed by atoms with van der Waals surface area (Å²) < 4.78 is 12.9. The minimum absolute atomic E-state index is 0.530. The van der Waals surface area contributed by atoms with Crippen molar-refractivity contribution in [2.75, 3.05) is 26.2 Å². The van der Waals surface area contributed by atoms with Crippen molar-refractivity contribution < 1.29 is 4.39 Å². The zero-order chi connectivity index (χ0) is 9.10. The van der Waals surface area contributed by atoms with E-state index in [4.69, 9.17) is 0 Å². The molecule has 2 rings (SSSR count). The first-order chi connectivity index (χ1) is 6.36. The third kappa shape index (κ3) is 2.41. The number of piperidine rings is 2. The molecular formula is C10H19FN2. The Bertz CT molecular complexity index is 149. The normalized spacial score (nSPS) is 29.3. The Morgan fingerprint density at radius 3 is 2.23 bits per heavy atom. The molecule has 0 spiro atoms. The van der Waals surface area contributed by atoms with Gasteiger partial charge in [-0.05, 0) is 38.8 Å². The van der Waals surface area contributed by atoms with Gasteiger partial charge >= 0.3 is 0 Å². The lowest BCUT2D eigenvalue weighted by Gasteiger charge is -2.37. The molecule has 0 aromatic heterocycles. The maximum Gasteiger partial charge on any atom is 0.103 e. The summed E-state index contributed by atoms with van der Waals surface area (Å²) in [4.78, 5) is 2.48. The van der Waals surface area contributed by atoms with Crippen molar-refractivity contribution in [3.05, 3.63) is 0 Å². The first-order valence-corrected chi connectivity index (χ1v) is 5.45. The Labute approximate surface area is 79.5 Å². The van der Waals surface area contributed by atoms with Gasteiger partial charge in [-0.2, -0.15) is 0 Å². The molecule has 0 unspecified atom stereocenters. The Morgan fingerprint density at radius 1 is 1.00 bits per heavy atom. The van der Waals surface area contributed by atoms with Crippen LogP contribution in [0.4, 0.5) is 4.39 Å². The highest BCUT2D eigenvalue weighted by atomic mass is 19.1. The van der Waals surface area contributed by atoms with Crippen molar-refractivity contribution in [1.29, 1.82) is 0 Å². The average Bonchev–Trinajstić information content (AvgIpc) is 2.20. The van der Waals surface area contributed by atoms with Crippen LogP contribution in [0, 0.1) is 0 Å². The van der Waals surface area contributed by atoms with Crippen molar-refractivity contribution in [2.24, 2.45) is 0 Å². The van der Waals surface area contributed by atoms with Crippen LogP contribution in [0.25, 0.3) is 0 Å². The van der Waals surface area contributed by atoms with Gasteiger partial charge in [0, 0.05) is 19.1 Å². The van der Waals surface area contributed by atoms with E-state index in [9.17, 15) is 4.39 Å². The van der Waals surface area contributed by atoms with E-state index >= 15 is 0 Å². The second-order valence-corrected chi connectivity index (χ2v) is 4.19. The number of likely N-dealkylation sites (tertiary alicyclic amines) is 1. The van der Waals surface area contributed by atoms with E-state index in [1.165, 1.54) is 12.8 Å². The molecule has 76 valence electrons. The quantitative estimate of drug-likeness (QED) is 0.661. The van der Waals surface area contributed by atoms with Gasteiger partial charge in [0.05, 0.1) is 0 Å². The van der Waals surface area contributed by atoms with Gasteiger partial charge in [0.15, 0.2) is 0 Å². The number of hydrogen-bond donors (Lipinski definition) is 1. The smallest absolute Gasteiger partial charge is 0.103 e. The van der Waals surface area contributed by atoms with Gasteiger partial charge in [-0.25, -0.2) is 4.39 Å². The summed E-state index contributed by atoms with van der Waals surface area (Å²) in [6.45, 7) is 4.23. The molecule has 1 N–H and O–H groups in total. The fourth-order valence-corrected chi connectivity index (χ4v) is 2.40. The summed E-state index contributed by atoms with van der Waals surface area (Å²) in [5, 5.41) is 3.36. The number of rotatable bonds is 1. The molecule has 0 atom stereocenters. The van der Waals surface area contributed by atoms with Crippen molar-refractivity contribution >= 4 is 0 Å². The summed E-state index contributed by atoms with van der Waals surface area (Å²) in [7, 11) is 0. The number of nitrogens with zero attached hydrogens (tertiary/aromatic N) is 1. The molecule has 3 heteroatoms. The monoisotopic (exact) mass is 186 g/mol. The largest absolute Gasteiger partial charge is 0.317 e. The molecule has 0 aromatic rings. The van der Waals surface area contributed by atoms with Crippen LogP contribution in [0.2, 0.25) is 0 Å². The molecule has 13 heavy (non-hydrogen) atoms. The van der Waals surface area contributed by atoms with Crippen LogP contribution in [0.1, 0.15) is 25.7 Å². The molecule has 2 aliphatic rings. The fraction of sp³-hybridized carbons (Fsp3) is 1.00. The van der Waals surface area contributed by atoms with E-state index in [0.717, 1.165) is 45.1 Å². The van der Waals surface area contributed by atoms with Gasteiger partial charge in [-0.15, -0.1) is 0 Å². The van der Waals surface area contributed by atoms with Crippen LogP contribution in [-0.4, -0.2) is 43.3 Å². The Morgan fingerprint density at radius 2 is 1.62 bits per heavy atom. The third-order valence-corrected chi connectivity index (χ3v) is 3.28. The topological polar surface area (TPSA) is 15.3 Å². The number of halogens is 1. The van der Waals surface area contributed by atoms with Gasteiger partial charge in [0.1, 0.15) is 6.17 Å². The van der Waals surface area contributed by atoms with E-state index in [1.807, 2.05) is 0 Å². The maximum absolute atomic E-state index is 12.9. The van der Waals surface area contributed by atoms with Gasteiger partial charge in [0.25, 0.3) is 0 Å². The highest BCUT2D eigenvalue weighted by molar-refractivity contribution is 4.81. The number of alkyl halides is 1. The van der Waals surface area contributed by atoms with E-state index in [1.54, 1.807) is 0 Å². The van der Waals surface area contributed by atoms with E-state index in [0.29, 0.717) is 0 Å². The van der Waals surface area contributed by atoms with Gasteiger partial charge in [-0.1, -0.05) is 0 Å².